The molecule has 0 bridgehead atoms. The van der Waals surface area contributed by atoms with Crippen LogP contribution in [-0.2, 0) is 0 Å². The Morgan fingerprint density at radius 2 is 2.00 bits per heavy atom. The molecule has 0 aliphatic heterocycles. The number of halogens is 1. The van der Waals surface area contributed by atoms with Crippen molar-refractivity contribution in [1.82, 2.24) is 5.32 Å². The normalized spacial score (nSPS) is 11.1. The van der Waals surface area contributed by atoms with Crippen LogP contribution in [0.15, 0.2) is 29.3 Å². The van der Waals surface area contributed by atoms with Crippen molar-refractivity contribution >= 4 is 29.2 Å². The molecule has 6 heteroatoms. The first-order valence-electron chi connectivity index (χ1n) is 4.61. The standard InChI is InChI=1S/C10H14ClN5/c1-14-10(15-9(12)13)16(2)8-5-3-7(11)4-6-8/h3-6H,1-2H3,(H4,12,13,14,15). The van der Waals surface area contributed by atoms with Crippen LogP contribution in [0, 0.1) is 5.41 Å². The minimum absolute atomic E-state index is 0.151. The number of nitrogens with zero attached hydrogens (tertiary/aromatic N) is 2. The summed E-state index contributed by atoms with van der Waals surface area (Å²) >= 11 is 5.80. The molecular formula is C10H14ClN5. The summed E-state index contributed by atoms with van der Waals surface area (Å²) in [5.74, 6) is 0.344. The fraction of sp³-hybridized carbons (Fsp3) is 0.200. The van der Waals surface area contributed by atoms with Crippen LogP contribution in [0.1, 0.15) is 0 Å². The number of rotatable bonds is 1. The van der Waals surface area contributed by atoms with Gasteiger partial charge in [-0.1, -0.05) is 11.6 Å². The maximum Gasteiger partial charge on any atom is 0.204 e. The number of aliphatic imine (C=N–C) groups is 1. The van der Waals surface area contributed by atoms with Gasteiger partial charge >= 0.3 is 0 Å². The van der Waals surface area contributed by atoms with Crippen LogP contribution < -0.4 is 16.0 Å². The highest BCUT2D eigenvalue weighted by Crippen LogP contribution is 2.16. The van der Waals surface area contributed by atoms with E-state index in [1.54, 1.807) is 24.1 Å². The van der Waals surface area contributed by atoms with Crippen LogP contribution in [0.5, 0.6) is 0 Å². The summed E-state index contributed by atoms with van der Waals surface area (Å²) in [4.78, 5) is 5.78. The monoisotopic (exact) mass is 239 g/mol. The number of hydrogen-bond acceptors (Lipinski definition) is 2. The molecule has 4 N–H and O–H groups in total. The lowest BCUT2D eigenvalue weighted by atomic mass is 10.3. The molecule has 1 aromatic rings. The highest BCUT2D eigenvalue weighted by atomic mass is 35.5. The van der Waals surface area contributed by atoms with Gasteiger partial charge in [-0.3, -0.25) is 15.7 Å². The fourth-order valence-electron chi connectivity index (χ4n) is 1.20. The van der Waals surface area contributed by atoms with E-state index in [1.165, 1.54) is 0 Å². The van der Waals surface area contributed by atoms with Crippen molar-refractivity contribution in [3.05, 3.63) is 29.3 Å². The molecule has 1 rings (SSSR count). The van der Waals surface area contributed by atoms with E-state index < -0.39 is 0 Å². The van der Waals surface area contributed by atoms with Crippen LogP contribution in [0.3, 0.4) is 0 Å². The molecule has 0 aliphatic rings. The maximum absolute atomic E-state index is 7.16. The number of hydrogen-bond donors (Lipinski definition) is 3. The number of benzene rings is 1. The zero-order valence-electron chi connectivity index (χ0n) is 9.16. The Labute approximate surface area is 99.4 Å². The van der Waals surface area contributed by atoms with E-state index in [1.807, 2.05) is 19.2 Å². The first-order valence-corrected chi connectivity index (χ1v) is 4.99. The second-order valence-corrected chi connectivity index (χ2v) is 3.56. The molecule has 0 saturated carbocycles. The summed E-state index contributed by atoms with van der Waals surface area (Å²) in [6.45, 7) is 0. The second kappa shape index (κ2) is 5.37. The molecule has 5 nitrogen and oxygen atoms in total. The Kier molecular flexibility index (Phi) is 4.13. The summed E-state index contributed by atoms with van der Waals surface area (Å²) in [6.07, 6.45) is 0. The molecule has 0 fully saturated rings. The molecule has 0 amide bonds. The van der Waals surface area contributed by atoms with E-state index in [9.17, 15) is 0 Å². The van der Waals surface area contributed by atoms with Gasteiger partial charge in [0.2, 0.25) is 5.96 Å². The number of nitrogens with two attached hydrogens (primary N) is 1. The second-order valence-electron chi connectivity index (χ2n) is 3.12. The third kappa shape index (κ3) is 3.13. The zero-order chi connectivity index (χ0) is 12.1. The Hall–Kier alpha value is -1.75. The molecule has 0 atom stereocenters. The predicted molar refractivity (Wildman–Crippen MR) is 68.3 cm³/mol. The van der Waals surface area contributed by atoms with Gasteiger partial charge in [-0.15, -0.1) is 0 Å². The van der Waals surface area contributed by atoms with Crippen molar-refractivity contribution in [2.45, 2.75) is 0 Å². The summed E-state index contributed by atoms with van der Waals surface area (Å²) in [5, 5.41) is 10.5. The molecule has 86 valence electrons. The van der Waals surface area contributed by atoms with Crippen LogP contribution >= 0.6 is 11.6 Å². The minimum Gasteiger partial charge on any atom is -0.370 e. The highest BCUT2D eigenvalue weighted by molar-refractivity contribution is 6.30. The van der Waals surface area contributed by atoms with Crippen LogP contribution in [-0.4, -0.2) is 26.0 Å². The van der Waals surface area contributed by atoms with Gasteiger partial charge in [0.25, 0.3) is 0 Å². The SMILES string of the molecule is C/N=C(/NC(=N)N)N(C)c1ccc(Cl)cc1. The highest BCUT2D eigenvalue weighted by Gasteiger charge is 2.08. The maximum atomic E-state index is 7.16. The number of guanidine groups is 2. The Morgan fingerprint density at radius 1 is 1.44 bits per heavy atom. The van der Waals surface area contributed by atoms with Crippen LogP contribution in [0.2, 0.25) is 5.02 Å². The topological polar surface area (TPSA) is 77.5 Å². The largest absolute Gasteiger partial charge is 0.370 e. The fourth-order valence-corrected chi connectivity index (χ4v) is 1.32. The van der Waals surface area contributed by atoms with Gasteiger partial charge in [0.1, 0.15) is 0 Å². The quantitative estimate of drug-likeness (QED) is 0.510. The van der Waals surface area contributed by atoms with Crippen molar-refractivity contribution in [3.63, 3.8) is 0 Å². The van der Waals surface area contributed by atoms with Gasteiger partial charge in [0.05, 0.1) is 0 Å². The minimum atomic E-state index is -0.151. The summed E-state index contributed by atoms with van der Waals surface area (Å²) in [7, 11) is 3.44. The summed E-state index contributed by atoms with van der Waals surface area (Å²) in [5.41, 5.74) is 6.15. The molecule has 1 aromatic carbocycles. The van der Waals surface area contributed by atoms with Gasteiger partial charge < -0.3 is 10.6 Å². The van der Waals surface area contributed by atoms with Crippen LogP contribution in [0.4, 0.5) is 5.69 Å². The first-order chi connectivity index (χ1) is 7.54. The number of nitrogens with one attached hydrogen (secondary N) is 2. The third-order valence-corrected chi connectivity index (χ3v) is 2.24. The Morgan fingerprint density at radius 3 is 2.44 bits per heavy atom. The predicted octanol–water partition coefficient (Wildman–Crippen LogP) is 1.25. The van der Waals surface area contributed by atoms with Crippen molar-refractivity contribution in [2.24, 2.45) is 10.7 Å². The number of anilines is 1. The van der Waals surface area contributed by atoms with Crippen LogP contribution in [0.25, 0.3) is 0 Å². The average Bonchev–Trinajstić information content (AvgIpc) is 2.25. The van der Waals surface area contributed by atoms with E-state index in [0.717, 1.165) is 5.69 Å². The first kappa shape index (κ1) is 12.3. The zero-order valence-corrected chi connectivity index (χ0v) is 9.92. The van der Waals surface area contributed by atoms with E-state index in [0.29, 0.717) is 11.0 Å². The van der Waals surface area contributed by atoms with Gasteiger partial charge in [-0.2, -0.15) is 0 Å². The Balaban J connectivity index is 2.87. The Bertz CT molecular complexity index is 398. The van der Waals surface area contributed by atoms with Gasteiger partial charge in [-0.05, 0) is 24.3 Å². The molecule has 0 saturated heterocycles. The van der Waals surface area contributed by atoms with Crippen molar-refractivity contribution in [1.29, 1.82) is 5.41 Å². The van der Waals surface area contributed by atoms with E-state index in [2.05, 4.69) is 10.3 Å². The molecule has 0 spiro atoms. The lowest BCUT2D eigenvalue weighted by molar-refractivity contribution is 1.12. The van der Waals surface area contributed by atoms with Crippen molar-refractivity contribution in [2.75, 3.05) is 19.0 Å². The summed E-state index contributed by atoms with van der Waals surface area (Å²) in [6, 6.07) is 7.29. The van der Waals surface area contributed by atoms with Gasteiger partial charge in [-0.25, -0.2) is 0 Å². The molecule has 0 unspecified atom stereocenters. The lowest BCUT2D eigenvalue weighted by Crippen LogP contribution is -2.45. The van der Waals surface area contributed by atoms with Crippen molar-refractivity contribution in [3.8, 4) is 0 Å². The third-order valence-electron chi connectivity index (χ3n) is 1.99. The molecule has 0 aromatic heterocycles. The van der Waals surface area contributed by atoms with Gasteiger partial charge in [0, 0.05) is 24.8 Å². The smallest absolute Gasteiger partial charge is 0.204 e. The van der Waals surface area contributed by atoms with E-state index in [-0.39, 0.29) is 5.96 Å². The lowest BCUT2D eigenvalue weighted by Gasteiger charge is -2.21. The van der Waals surface area contributed by atoms with Crippen molar-refractivity contribution < 1.29 is 0 Å². The van der Waals surface area contributed by atoms with E-state index in [4.69, 9.17) is 22.7 Å². The van der Waals surface area contributed by atoms with Gasteiger partial charge in [0.15, 0.2) is 5.96 Å². The van der Waals surface area contributed by atoms with E-state index >= 15 is 0 Å². The molecule has 0 radical (unpaired) electrons. The molecule has 0 aliphatic carbocycles. The average molecular weight is 240 g/mol. The summed E-state index contributed by atoms with van der Waals surface area (Å²) < 4.78 is 0. The molecule has 0 heterocycles. The molecule has 16 heavy (non-hydrogen) atoms. The molecular weight excluding hydrogens is 226 g/mol.